The molecule has 0 spiro atoms. The number of methoxy groups -OCH3 is 1. The average molecular weight is 538 g/mol. The summed E-state index contributed by atoms with van der Waals surface area (Å²) in [5, 5.41) is 0. The highest BCUT2D eigenvalue weighted by atomic mass is 19.4. The monoisotopic (exact) mass is 537 g/mol. The van der Waals surface area contributed by atoms with Crippen molar-refractivity contribution in [1.82, 2.24) is 19.7 Å². The van der Waals surface area contributed by atoms with E-state index in [0.29, 0.717) is 31.7 Å². The lowest BCUT2D eigenvalue weighted by Gasteiger charge is -2.36. The Morgan fingerprint density at radius 1 is 0.974 bits per heavy atom. The molecule has 0 fully saturated rings. The van der Waals surface area contributed by atoms with Gasteiger partial charge in [0.2, 0.25) is 0 Å². The van der Waals surface area contributed by atoms with Crippen molar-refractivity contribution in [3.05, 3.63) is 101 Å². The first-order valence-electron chi connectivity index (χ1n) is 12.6. The van der Waals surface area contributed by atoms with Crippen LogP contribution in [0.5, 0.6) is 11.5 Å². The number of halogens is 3. The molecule has 0 bridgehead atoms. The number of benzene rings is 2. The topological polar surface area (TPSA) is 53.4 Å². The molecule has 39 heavy (non-hydrogen) atoms. The van der Waals surface area contributed by atoms with Crippen LogP contribution in [0.3, 0.4) is 0 Å². The Bertz CT molecular complexity index is 1360. The third kappa shape index (κ3) is 6.45. The number of ether oxygens (including phenoxy) is 2. The molecule has 0 amide bonds. The first-order valence-corrected chi connectivity index (χ1v) is 12.6. The van der Waals surface area contributed by atoms with Crippen molar-refractivity contribution in [2.45, 2.75) is 39.0 Å². The summed E-state index contributed by atoms with van der Waals surface area (Å²) in [4.78, 5) is 16.1. The van der Waals surface area contributed by atoms with E-state index in [4.69, 9.17) is 9.73 Å². The number of aryl methyl sites for hydroxylation is 1. The Hall–Kier alpha value is -4.21. The smallest absolute Gasteiger partial charge is 0.497 e. The minimum Gasteiger partial charge on any atom is -0.497 e. The average Bonchev–Trinajstić information content (AvgIpc) is 3.22. The van der Waals surface area contributed by atoms with Crippen molar-refractivity contribution in [3.8, 4) is 11.5 Å². The highest BCUT2D eigenvalue weighted by molar-refractivity contribution is 5.99. The van der Waals surface area contributed by atoms with Crippen LogP contribution in [-0.4, -0.2) is 58.9 Å². The van der Waals surface area contributed by atoms with Gasteiger partial charge in [0.1, 0.15) is 17.7 Å². The van der Waals surface area contributed by atoms with Gasteiger partial charge in [-0.25, -0.2) is 4.99 Å². The zero-order valence-corrected chi connectivity index (χ0v) is 22.0. The van der Waals surface area contributed by atoms with Crippen LogP contribution in [0.25, 0.3) is 0 Å². The lowest BCUT2D eigenvalue weighted by molar-refractivity contribution is -0.274. The van der Waals surface area contributed by atoms with Gasteiger partial charge in [0, 0.05) is 32.4 Å². The first-order chi connectivity index (χ1) is 18.7. The molecule has 0 N–H and O–H groups in total. The summed E-state index contributed by atoms with van der Waals surface area (Å²) in [7, 11) is 3.64. The van der Waals surface area contributed by atoms with Gasteiger partial charge in [-0.1, -0.05) is 30.3 Å². The molecule has 0 aliphatic carbocycles. The highest BCUT2D eigenvalue weighted by Gasteiger charge is 2.36. The molecule has 2 aliphatic heterocycles. The standard InChI is InChI=1S/C29H30F3N5O2/c1-20-7-10-23(33-15-20)17-37-26-18-36(16-21-8-11-24(38-3)12-9-21)19-35(2)28(26)34-27(37)14-22-5-4-6-25(13-22)39-29(30,31)32/h4-13,15,18,27H,14,16-17,19H2,1-3H3. The van der Waals surface area contributed by atoms with Crippen LogP contribution in [0.4, 0.5) is 13.2 Å². The van der Waals surface area contributed by atoms with Crippen molar-refractivity contribution in [3.63, 3.8) is 0 Å². The summed E-state index contributed by atoms with van der Waals surface area (Å²) >= 11 is 0. The van der Waals surface area contributed by atoms with E-state index in [1.165, 1.54) is 12.1 Å². The van der Waals surface area contributed by atoms with Gasteiger partial charge in [-0.2, -0.15) is 0 Å². The maximum atomic E-state index is 12.8. The molecule has 10 heteroatoms. The Kier molecular flexibility index (Phi) is 7.36. The van der Waals surface area contributed by atoms with Crippen LogP contribution in [0.1, 0.15) is 22.4 Å². The van der Waals surface area contributed by atoms with Crippen molar-refractivity contribution in [2.24, 2.45) is 4.99 Å². The second-order valence-corrected chi connectivity index (χ2v) is 9.74. The van der Waals surface area contributed by atoms with E-state index < -0.39 is 6.36 Å². The van der Waals surface area contributed by atoms with Crippen molar-refractivity contribution >= 4 is 5.84 Å². The minimum atomic E-state index is -4.74. The van der Waals surface area contributed by atoms with Crippen molar-refractivity contribution in [1.29, 1.82) is 0 Å². The first kappa shape index (κ1) is 26.4. The Balaban J connectivity index is 1.43. The number of aliphatic imine (C=N–C) groups is 1. The number of fused-ring (bicyclic) bond motifs is 1. The van der Waals surface area contributed by atoms with Gasteiger partial charge in [0.25, 0.3) is 0 Å². The summed E-state index contributed by atoms with van der Waals surface area (Å²) in [6.07, 6.45) is -0.712. The molecule has 204 valence electrons. The maximum Gasteiger partial charge on any atom is 0.573 e. The van der Waals surface area contributed by atoms with Gasteiger partial charge < -0.3 is 24.2 Å². The Morgan fingerprint density at radius 3 is 2.46 bits per heavy atom. The predicted molar refractivity (Wildman–Crippen MR) is 142 cm³/mol. The zero-order chi connectivity index (χ0) is 27.6. The lowest BCUT2D eigenvalue weighted by Crippen LogP contribution is -2.43. The van der Waals surface area contributed by atoms with Gasteiger partial charge in [-0.15, -0.1) is 13.2 Å². The van der Waals surface area contributed by atoms with Gasteiger partial charge in [0.15, 0.2) is 5.84 Å². The number of likely N-dealkylation sites (N-methyl/N-ethyl adjacent to an activating group) is 1. The summed E-state index contributed by atoms with van der Waals surface area (Å²) in [5.41, 5.74) is 4.74. The molecule has 0 radical (unpaired) electrons. The predicted octanol–water partition coefficient (Wildman–Crippen LogP) is 5.33. The third-order valence-electron chi connectivity index (χ3n) is 6.63. The van der Waals surface area contributed by atoms with Crippen LogP contribution in [0.2, 0.25) is 0 Å². The normalized spacial score (nSPS) is 17.1. The van der Waals surface area contributed by atoms with Crippen LogP contribution in [0, 0.1) is 6.92 Å². The number of rotatable bonds is 8. The van der Waals surface area contributed by atoms with E-state index in [-0.39, 0.29) is 11.9 Å². The summed E-state index contributed by atoms with van der Waals surface area (Å²) in [6.45, 7) is 3.84. The van der Waals surface area contributed by atoms with Gasteiger partial charge in [0.05, 0.1) is 31.7 Å². The number of hydrogen-bond donors (Lipinski definition) is 0. The second-order valence-electron chi connectivity index (χ2n) is 9.74. The second kappa shape index (κ2) is 10.9. The zero-order valence-electron chi connectivity index (χ0n) is 22.0. The number of nitrogens with zero attached hydrogens (tertiary/aromatic N) is 5. The van der Waals surface area contributed by atoms with Crippen LogP contribution >= 0.6 is 0 Å². The molecule has 2 aromatic carbocycles. The Morgan fingerprint density at radius 2 is 1.77 bits per heavy atom. The number of alkyl halides is 3. The summed E-state index contributed by atoms with van der Waals surface area (Å²) in [6, 6.07) is 18.1. The highest BCUT2D eigenvalue weighted by Crippen LogP contribution is 2.32. The van der Waals surface area contributed by atoms with E-state index >= 15 is 0 Å². The number of aromatic nitrogens is 1. The molecule has 1 aromatic heterocycles. The van der Waals surface area contributed by atoms with Crippen molar-refractivity contribution < 1.29 is 22.6 Å². The largest absolute Gasteiger partial charge is 0.573 e. The molecule has 2 aliphatic rings. The fourth-order valence-corrected chi connectivity index (χ4v) is 4.80. The van der Waals surface area contributed by atoms with Crippen LogP contribution in [-0.2, 0) is 19.5 Å². The fraction of sp³-hybridized carbons (Fsp3) is 0.310. The maximum absolute atomic E-state index is 12.8. The molecule has 1 atom stereocenters. The van der Waals surface area contributed by atoms with Gasteiger partial charge >= 0.3 is 6.36 Å². The SMILES string of the molecule is COc1ccc(CN2C=C3C(=NC(Cc4cccc(OC(F)(F)F)c4)N3Cc3ccc(C)cn3)N(C)C2)cc1. The Labute approximate surface area is 225 Å². The van der Waals surface area contributed by atoms with E-state index in [0.717, 1.165) is 34.1 Å². The van der Waals surface area contributed by atoms with Crippen molar-refractivity contribution in [2.75, 3.05) is 20.8 Å². The number of hydrogen-bond acceptors (Lipinski definition) is 7. The molecule has 5 rings (SSSR count). The number of amidine groups is 1. The molecular formula is C29H30F3N5O2. The summed E-state index contributed by atoms with van der Waals surface area (Å²) < 4.78 is 47.8. The molecular weight excluding hydrogens is 507 g/mol. The minimum absolute atomic E-state index is 0.239. The van der Waals surface area contributed by atoms with E-state index in [1.54, 1.807) is 19.2 Å². The van der Waals surface area contributed by atoms with Crippen LogP contribution in [0.15, 0.2) is 83.7 Å². The lowest BCUT2D eigenvalue weighted by atomic mass is 10.1. The molecule has 0 saturated heterocycles. The van der Waals surface area contributed by atoms with E-state index in [2.05, 4.69) is 30.6 Å². The number of pyridine rings is 1. The molecule has 7 nitrogen and oxygen atoms in total. The van der Waals surface area contributed by atoms with E-state index in [9.17, 15) is 13.2 Å². The molecule has 0 saturated carbocycles. The summed E-state index contributed by atoms with van der Waals surface area (Å²) in [5.74, 6) is 1.42. The molecule has 3 heterocycles. The van der Waals surface area contributed by atoms with E-state index in [1.807, 2.05) is 56.6 Å². The quantitative estimate of drug-likeness (QED) is 0.388. The molecule has 3 aromatic rings. The van der Waals surface area contributed by atoms with Gasteiger partial charge in [-0.05, 0) is 53.9 Å². The van der Waals surface area contributed by atoms with Crippen LogP contribution < -0.4 is 9.47 Å². The third-order valence-corrected chi connectivity index (χ3v) is 6.63. The van der Waals surface area contributed by atoms with Gasteiger partial charge in [-0.3, -0.25) is 4.98 Å². The fourth-order valence-electron chi connectivity index (χ4n) is 4.80. The molecule has 1 unspecified atom stereocenters.